The van der Waals surface area contributed by atoms with Gasteiger partial charge in [0.1, 0.15) is 12.2 Å². The van der Waals surface area contributed by atoms with Gasteiger partial charge in [0, 0.05) is 54.7 Å². The summed E-state index contributed by atoms with van der Waals surface area (Å²) in [6.45, 7) is 5.66. The summed E-state index contributed by atoms with van der Waals surface area (Å²) in [4.78, 5) is 23.2. The van der Waals surface area contributed by atoms with Crippen molar-refractivity contribution in [2.45, 2.75) is 64.8 Å². The van der Waals surface area contributed by atoms with Crippen LogP contribution in [-0.2, 0) is 11.8 Å². The number of hydrogen-bond donors (Lipinski definition) is 2. The molecule has 1 saturated carbocycles. The van der Waals surface area contributed by atoms with Crippen LogP contribution in [0, 0.1) is 30.6 Å². The van der Waals surface area contributed by atoms with Crippen molar-refractivity contribution in [3.63, 3.8) is 0 Å². The molecular weight excluding hydrogens is 452 g/mol. The van der Waals surface area contributed by atoms with Crippen LogP contribution in [0.25, 0.3) is 10.9 Å². The number of nitriles is 1. The van der Waals surface area contributed by atoms with Gasteiger partial charge in [-0.25, -0.2) is 4.98 Å². The molecule has 9 nitrogen and oxygen atoms in total. The maximum Gasteiger partial charge on any atom is 0.236 e. The van der Waals surface area contributed by atoms with Crippen molar-refractivity contribution in [3.05, 3.63) is 35.7 Å². The number of hydrogen-bond acceptors (Lipinski definition) is 7. The second kappa shape index (κ2) is 9.76. The molecule has 1 aliphatic carbocycles. The molecule has 1 spiro atoms. The highest BCUT2D eigenvalue weighted by Gasteiger charge is 2.39. The number of carbonyl (C=O) groups excluding carboxylic acids is 1. The fraction of sp³-hybridized carbons (Fsp3) is 0.519. The molecule has 2 aliphatic rings. The van der Waals surface area contributed by atoms with Gasteiger partial charge in [-0.3, -0.25) is 9.48 Å². The van der Waals surface area contributed by atoms with E-state index in [2.05, 4.69) is 33.7 Å². The molecule has 0 radical (unpaired) electrons. The average molecular weight is 487 g/mol. The molecule has 188 valence electrons. The zero-order valence-corrected chi connectivity index (χ0v) is 21.3. The lowest BCUT2D eigenvalue weighted by molar-refractivity contribution is -0.132. The van der Waals surface area contributed by atoms with E-state index >= 15 is 0 Å². The van der Waals surface area contributed by atoms with E-state index in [0.717, 1.165) is 85.3 Å². The molecule has 2 aromatic heterocycles. The first-order valence-electron chi connectivity index (χ1n) is 12.8. The molecule has 0 atom stereocenters. The van der Waals surface area contributed by atoms with Gasteiger partial charge >= 0.3 is 0 Å². The van der Waals surface area contributed by atoms with Crippen molar-refractivity contribution in [3.8, 4) is 6.07 Å². The standard InChI is InChI=1S/C27H34N8O/c1-18-17-29-26(31-21-4-5-22-19(2)34(3)33-23(22)16-21)32-25(18)30-20-6-9-27(10-7-20)11-14-35(15-12-27)24(36)8-13-28/h4-5,16-17,20H,6-12,14-15H2,1-3H3,(H2,29,30,31,32). The lowest BCUT2D eigenvalue weighted by Crippen LogP contribution is -2.45. The van der Waals surface area contributed by atoms with E-state index in [4.69, 9.17) is 10.2 Å². The summed E-state index contributed by atoms with van der Waals surface area (Å²) in [6.07, 6.45) is 8.43. The van der Waals surface area contributed by atoms with Gasteiger partial charge in [0.05, 0.1) is 11.6 Å². The Hall–Kier alpha value is -3.67. The third kappa shape index (κ3) is 4.85. The van der Waals surface area contributed by atoms with Gasteiger partial charge in [0.25, 0.3) is 0 Å². The molecule has 1 aliphatic heterocycles. The number of aromatic nitrogens is 4. The first kappa shape index (κ1) is 24.0. The average Bonchev–Trinajstić information content (AvgIpc) is 3.16. The maximum atomic E-state index is 12.0. The van der Waals surface area contributed by atoms with Gasteiger partial charge in [0.2, 0.25) is 11.9 Å². The number of piperidine rings is 1. The van der Waals surface area contributed by atoms with Crippen LogP contribution in [0.5, 0.6) is 0 Å². The fourth-order valence-electron chi connectivity index (χ4n) is 5.66. The Bertz CT molecular complexity index is 1310. The summed E-state index contributed by atoms with van der Waals surface area (Å²) in [6, 6.07) is 8.50. The molecule has 0 bridgehead atoms. The second-order valence-corrected chi connectivity index (χ2v) is 10.4. The van der Waals surface area contributed by atoms with Crippen molar-refractivity contribution >= 4 is 34.3 Å². The molecule has 3 heterocycles. The number of benzene rings is 1. The Morgan fingerprint density at radius 1 is 1.19 bits per heavy atom. The van der Waals surface area contributed by atoms with Crippen LogP contribution in [0.3, 0.4) is 0 Å². The van der Waals surface area contributed by atoms with Crippen molar-refractivity contribution in [2.75, 3.05) is 23.7 Å². The van der Waals surface area contributed by atoms with E-state index in [-0.39, 0.29) is 12.3 Å². The fourth-order valence-corrected chi connectivity index (χ4v) is 5.66. The van der Waals surface area contributed by atoms with Crippen LogP contribution in [0.15, 0.2) is 24.4 Å². The third-order valence-corrected chi connectivity index (χ3v) is 8.15. The van der Waals surface area contributed by atoms with E-state index < -0.39 is 0 Å². The molecule has 0 unspecified atom stereocenters. The molecule has 5 rings (SSSR count). The minimum absolute atomic E-state index is 0.00839. The van der Waals surface area contributed by atoms with Gasteiger partial charge in [-0.2, -0.15) is 15.3 Å². The minimum atomic E-state index is -0.0265. The van der Waals surface area contributed by atoms with Gasteiger partial charge in [-0.05, 0) is 76.0 Å². The highest BCUT2D eigenvalue weighted by atomic mass is 16.2. The van der Waals surface area contributed by atoms with E-state index in [1.807, 2.05) is 48.0 Å². The number of nitrogens with one attached hydrogen (secondary N) is 2. The molecule has 36 heavy (non-hydrogen) atoms. The smallest absolute Gasteiger partial charge is 0.236 e. The monoisotopic (exact) mass is 486 g/mol. The van der Waals surface area contributed by atoms with Crippen LogP contribution < -0.4 is 10.6 Å². The molecule has 2 N–H and O–H groups in total. The maximum absolute atomic E-state index is 12.0. The Labute approximate surface area is 211 Å². The van der Waals surface area contributed by atoms with Gasteiger partial charge < -0.3 is 15.5 Å². The van der Waals surface area contributed by atoms with Gasteiger partial charge in [-0.1, -0.05) is 0 Å². The van der Waals surface area contributed by atoms with Gasteiger partial charge in [-0.15, -0.1) is 0 Å². The molecule has 1 aromatic carbocycles. The Balaban J connectivity index is 1.19. The number of aryl methyl sites for hydroxylation is 3. The number of nitrogens with zero attached hydrogens (tertiary/aromatic N) is 6. The topological polar surface area (TPSA) is 112 Å². The lowest BCUT2D eigenvalue weighted by atomic mass is 9.67. The summed E-state index contributed by atoms with van der Waals surface area (Å²) >= 11 is 0. The quantitative estimate of drug-likeness (QED) is 0.542. The third-order valence-electron chi connectivity index (χ3n) is 8.15. The van der Waals surface area contributed by atoms with E-state index in [0.29, 0.717) is 17.4 Å². The van der Waals surface area contributed by atoms with E-state index in [1.165, 1.54) is 0 Å². The molecule has 9 heteroatoms. The highest BCUT2D eigenvalue weighted by Crippen LogP contribution is 2.45. The molecular formula is C27H34N8O. The van der Waals surface area contributed by atoms with Crippen LogP contribution in [0.4, 0.5) is 17.5 Å². The van der Waals surface area contributed by atoms with Crippen LogP contribution in [0.2, 0.25) is 0 Å². The lowest BCUT2D eigenvalue weighted by Gasteiger charge is -2.46. The number of rotatable bonds is 5. The molecule has 3 aromatic rings. The summed E-state index contributed by atoms with van der Waals surface area (Å²) in [5.74, 6) is 1.42. The first-order valence-corrected chi connectivity index (χ1v) is 12.8. The van der Waals surface area contributed by atoms with Gasteiger partial charge in [0.15, 0.2) is 0 Å². The Kier molecular flexibility index (Phi) is 6.52. The normalized spacial score (nSPS) is 17.8. The first-order chi connectivity index (χ1) is 17.4. The van der Waals surface area contributed by atoms with E-state index in [9.17, 15) is 4.79 Å². The number of carbonyl (C=O) groups is 1. The highest BCUT2D eigenvalue weighted by molar-refractivity contribution is 5.85. The summed E-state index contributed by atoms with van der Waals surface area (Å²) in [5.41, 5.74) is 4.36. The Morgan fingerprint density at radius 3 is 2.67 bits per heavy atom. The summed E-state index contributed by atoms with van der Waals surface area (Å²) < 4.78 is 1.89. The molecule has 2 fully saturated rings. The number of fused-ring (bicyclic) bond motifs is 1. The predicted octanol–water partition coefficient (Wildman–Crippen LogP) is 4.60. The van der Waals surface area contributed by atoms with Crippen LogP contribution in [0.1, 0.15) is 56.2 Å². The minimum Gasteiger partial charge on any atom is -0.367 e. The van der Waals surface area contributed by atoms with Crippen LogP contribution in [-0.4, -0.2) is 49.7 Å². The Morgan fingerprint density at radius 2 is 1.94 bits per heavy atom. The van der Waals surface area contributed by atoms with Crippen molar-refractivity contribution in [2.24, 2.45) is 12.5 Å². The number of amides is 1. The number of likely N-dealkylation sites (tertiary alicyclic amines) is 1. The largest absolute Gasteiger partial charge is 0.367 e. The summed E-state index contributed by atoms with van der Waals surface area (Å²) in [7, 11) is 1.96. The second-order valence-electron chi connectivity index (χ2n) is 10.4. The van der Waals surface area contributed by atoms with Crippen molar-refractivity contribution in [1.29, 1.82) is 5.26 Å². The zero-order valence-electron chi connectivity index (χ0n) is 21.3. The number of anilines is 3. The van der Waals surface area contributed by atoms with Crippen molar-refractivity contribution < 1.29 is 4.79 Å². The molecule has 1 saturated heterocycles. The zero-order chi connectivity index (χ0) is 25.3. The SMILES string of the molecule is Cc1cnc(Nc2ccc3c(C)n(C)nc3c2)nc1NC1CCC2(CC1)CCN(C(=O)CC#N)CC2. The van der Waals surface area contributed by atoms with Crippen molar-refractivity contribution in [1.82, 2.24) is 24.6 Å². The summed E-state index contributed by atoms with van der Waals surface area (Å²) in [5, 5.41) is 21.5. The predicted molar refractivity (Wildman–Crippen MR) is 140 cm³/mol. The van der Waals surface area contributed by atoms with Crippen LogP contribution >= 0.6 is 0 Å². The van der Waals surface area contributed by atoms with E-state index in [1.54, 1.807) is 0 Å². The molecule has 1 amide bonds.